The molecule has 25 heavy (non-hydrogen) atoms. The highest BCUT2D eigenvalue weighted by Crippen LogP contribution is 2.18. The summed E-state index contributed by atoms with van der Waals surface area (Å²) in [6.07, 6.45) is 2.20. The van der Waals surface area contributed by atoms with E-state index in [1.54, 1.807) is 6.92 Å². The number of para-hydroxylation sites is 1. The molecule has 3 rings (SSSR count). The molecule has 1 aromatic carbocycles. The zero-order chi connectivity index (χ0) is 17.5. The maximum absolute atomic E-state index is 6.06. The van der Waals surface area contributed by atoms with E-state index in [0.717, 1.165) is 44.2 Å². The molecule has 1 saturated heterocycles. The number of aromatic nitrogens is 2. The van der Waals surface area contributed by atoms with Crippen LogP contribution in [0.1, 0.15) is 31.5 Å². The quantitative estimate of drug-likeness (QED) is 0.664. The van der Waals surface area contributed by atoms with E-state index in [1.165, 1.54) is 0 Å². The average molecular weight is 343 g/mol. The number of hydrogen-bond donors (Lipinski definition) is 1. The number of ether oxygens (including phenoxy) is 1. The van der Waals surface area contributed by atoms with Gasteiger partial charge >= 0.3 is 0 Å². The van der Waals surface area contributed by atoms with Gasteiger partial charge in [0.15, 0.2) is 11.8 Å². The third kappa shape index (κ3) is 4.95. The topological polar surface area (TPSA) is 75.8 Å². The van der Waals surface area contributed by atoms with Crippen LogP contribution in [0.25, 0.3) is 0 Å². The number of aliphatic imine (C=N–C) groups is 1. The van der Waals surface area contributed by atoms with Gasteiger partial charge in [-0.2, -0.15) is 4.98 Å². The highest BCUT2D eigenvalue weighted by Gasteiger charge is 2.22. The molecule has 1 aliphatic rings. The van der Waals surface area contributed by atoms with Crippen molar-refractivity contribution >= 4 is 5.96 Å². The van der Waals surface area contributed by atoms with E-state index in [4.69, 9.17) is 9.26 Å². The van der Waals surface area contributed by atoms with Gasteiger partial charge in [-0.05, 0) is 19.1 Å². The third-order valence-electron chi connectivity index (χ3n) is 4.06. The van der Waals surface area contributed by atoms with E-state index in [9.17, 15) is 0 Å². The Hall–Kier alpha value is -2.57. The fourth-order valence-electron chi connectivity index (χ4n) is 2.85. The molecule has 1 aromatic heterocycles. The summed E-state index contributed by atoms with van der Waals surface area (Å²) in [5.74, 6) is 3.00. The molecule has 134 valence electrons. The molecule has 0 unspecified atom stereocenters. The number of likely N-dealkylation sites (tertiary alicyclic amines) is 1. The minimum Gasteiger partial charge on any atom is -0.490 e. The van der Waals surface area contributed by atoms with Gasteiger partial charge in [-0.1, -0.05) is 23.4 Å². The Morgan fingerprint density at radius 3 is 2.72 bits per heavy atom. The van der Waals surface area contributed by atoms with Crippen molar-refractivity contribution < 1.29 is 9.26 Å². The van der Waals surface area contributed by atoms with Crippen LogP contribution in [0.2, 0.25) is 0 Å². The number of nitrogens with zero attached hydrogens (tertiary/aromatic N) is 4. The lowest BCUT2D eigenvalue weighted by Crippen LogP contribution is -2.47. The zero-order valence-electron chi connectivity index (χ0n) is 14.8. The Balaban J connectivity index is 1.54. The second-order valence-corrected chi connectivity index (χ2v) is 6.02. The second-order valence-electron chi connectivity index (χ2n) is 6.02. The van der Waals surface area contributed by atoms with Crippen molar-refractivity contribution in [3.63, 3.8) is 0 Å². The minimum absolute atomic E-state index is 0.251. The number of benzene rings is 1. The van der Waals surface area contributed by atoms with Crippen LogP contribution in [-0.4, -0.2) is 46.7 Å². The van der Waals surface area contributed by atoms with Crippen LogP contribution in [0.5, 0.6) is 5.75 Å². The molecule has 7 nitrogen and oxygen atoms in total. The normalized spacial score (nSPS) is 16.1. The molecule has 7 heteroatoms. The predicted molar refractivity (Wildman–Crippen MR) is 95.5 cm³/mol. The summed E-state index contributed by atoms with van der Waals surface area (Å²) in [4.78, 5) is 11.1. The van der Waals surface area contributed by atoms with Gasteiger partial charge in [0.05, 0.1) is 0 Å². The number of guanidine groups is 1. The molecule has 2 heterocycles. The van der Waals surface area contributed by atoms with E-state index in [2.05, 4.69) is 32.3 Å². The highest BCUT2D eigenvalue weighted by atomic mass is 16.5. The van der Waals surface area contributed by atoms with Crippen LogP contribution in [0, 0.1) is 6.92 Å². The van der Waals surface area contributed by atoms with Crippen molar-refractivity contribution in [2.75, 3.05) is 19.6 Å². The van der Waals surface area contributed by atoms with Crippen LogP contribution in [0.4, 0.5) is 0 Å². The summed E-state index contributed by atoms with van der Waals surface area (Å²) in [5, 5.41) is 7.24. The number of piperidine rings is 1. The predicted octanol–water partition coefficient (Wildman–Crippen LogP) is 2.39. The van der Waals surface area contributed by atoms with Crippen molar-refractivity contribution in [1.82, 2.24) is 20.4 Å². The van der Waals surface area contributed by atoms with Crippen molar-refractivity contribution in [3.05, 3.63) is 42.0 Å². The van der Waals surface area contributed by atoms with E-state index < -0.39 is 0 Å². The van der Waals surface area contributed by atoms with Gasteiger partial charge in [-0.15, -0.1) is 0 Å². The summed E-state index contributed by atoms with van der Waals surface area (Å²) >= 11 is 0. The molecule has 0 radical (unpaired) electrons. The molecule has 1 aliphatic heterocycles. The second kappa shape index (κ2) is 8.50. The number of aryl methyl sites for hydroxylation is 1. The lowest BCUT2D eigenvalue weighted by Gasteiger charge is -2.34. The van der Waals surface area contributed by atoms with Crippen LogP contribution < -0.4 is 10.1 Å². The molecule has 0 saturated carbocycles. The van der Waals surface area contributed by atoms with Gasteiger partial charge in [0.25, 0.3) is 0 Å². The van der Waals surface area contributed by atoms with Crippen molar-refractivity contribution in [2.24, 2.45) is 4.99 Å². The molecule has 0 amide bonds. The number of nitrogens with one attached hydrogen (secondary N) is 1. The third-order valence-corrected chi connectivity index (χ3v) is 4.06. The largest absolute Gasteiger partial charge is 0.490 e. The maximum Gasteiger partial charge on any atom is 0.223 e. The van der Waals surface area contributed by atoms with Gasteiger partial charge in [0.1, 0.15) is 18.4 Å². The van der Waals surface area contributed by atoms with E-state index >= 15 is 0 Å². The van der Waals surface area contributed by atoms with Crippen molar-refractivity contribution in [3.8, 4) is 5.75 Å². The van der Waals surface area contributed by atoms with Gasteiger partial charge in [-0.25, -0.2) is 4.99 Å². The lowest BCUT2D eigenvalue weighted by atomic mass is 10.1. The van der Waals surface area contributed by atoms with Gasteiger partial charge in [0.2, 0.25) is 5.89 Å². The summed E-state index contributed by atoms with van der Waals surface area (Å²) in [6.45, 7) is 6.91. The molecule has 0 spiro atoms. The standard InChI is InChI=1S/C18H25N5O2/c1-3-19-18(20-13-17-21-14(2)25-22-17)23-11-9-16(10-12-23)24-15-7-5-4-6-8-15/h4-8,16H,3,9-13H2,1-2H3,(H,19,20). The monoisotopic (exact) mass is 343 g/mol. The average Bonchev–Trinajstić information content (AvgIpc) is 3.06. The van der Waals surface area contributed by atoms with Crippen molar-refractivity contribution in [1.29, 1.82) is 0 Å². The fourth-order valence-corrected chi connectivity index (χ4v) is 2.85. The highest BCUT2D eigenvalue weighted by molar-refractivity contribution is 5.80. The van der Waals surface area contributed by atoms with Gasteiger partial charge in [-0.3, -0.25) is 0 Å². The first-order valence-corrected chi connectivity index (χ1v) is 8.78. The van der Waals surface area contributed by atoms with E-state index in [-0.39, 0.29) is 6.10 Å². The molecule has 2 aromatic rings. The molecule has 1 fully saturated rings. The maximum atomic E-state index is 6.06. The Labute approximate surface area is 148 Å². The number of hydrogen-bond acceptors (Lipinski definition) is 5. The SMILES string of the molecule is CCNC(=NCc1noc(C)n1)N1CCC(Oc2ccccc2)CC1. The molecular formula is C18H25N5O2. The molecule has 0 atom stereocenters. The minimum atomic E-state index is 0.251. The summed E-state index contributed by atoms with van der Waals surface area (Å²) in [5.41, 5.74) is 0. The van der Waals surface area contributed by atoms with E-state index in [0.29, 0.717) is 18.3 Å². The number of rotatable bonds is 5. The Morgan fingerprint density at radius 1 is 1.32 bits per heavy atom. The van der Waals surface area contributed by atoms with Crippen LogP contribution >= 0.6 is 0 Å². The van der Waals surface area contributed by atoms with Gasteiger partial charge in [0, 0.05) is 39.4 Å². The molecule has 0 bridgehead atoms. The molecule has 0 aliphatic carbocycles. The first kappa shape index (κ1) is 17.3. The summed E-state index contributed by atoms with van der Waals surface area (Å²) < 4.78 is 11.0. The van der Waals surface area contributed by atoms with Crippen LogP contribution in [0.3, 0.4) is 0 Å². The first-order valence-electron chi connectivity index (χ1n) is 8.78. The van der Waals surface area contributed by atoms with Gasteiger partial charge < -0.3 is 19.5 Å². The zero-order valence-corrected chi connectivity index (χ0v) is 14.8. The van der Waals surface area contributed by atoms with Crippen LogP contribution in [0.15, 0.2) is 39.8 Å². The first-order chi connectivity index (χ1) is 12.2. The van der Waals surface area contributed by atoms with E-state index in [1.807, 2.05) is 30.3 Å². The van der Waals surface area contributed by atoms with Crippen molar-refractivity contribution in [2.45, 2.75) is 39.3 Å². The lowest BCUT2D eigenvalue weighted by molar-refractivity contribution is 0.129. The molecule has 1 N–H and O–H groups in total. The molecular weight excluding hydrogens is 318 g/mol. The smallest absolute Gasteiger partial charge is 0.223 e. The summed E-state index contributed by atoms with van der Waals surface area (Å²) in [7, 11) is 0. The Bertz CT molecular complexity index is 678. The Morgan fingerprint density at radius 2 is 2.08 bits per heavy atom. The van der Waals surface area contributed by atoms with Crippen LogP contribution in [-0.2, 0) is 6.54 Å². The summed E-state index contributed by atoms with van der Waals surface area (Å²) in [6, 6.07) is 10.0. The Kier molecular flexibility index (Phi) is 5.87. The fraction of sp³-hybridized carbons (Fsp3) is 0.500.